The third-order valence-electron chi connectivity index (χ3n) is 2.20. The molecule has 0 aromatic rings. The number of nitrogens with zero attached hydrogens (tertiary/aromatic N) is 1. The number of hydrogen-bond acceptors (Lipinski definition) is 1. The number of rotatable bonds is 2. The van der Waals surface area contributed by atoms with Gasteiger partial charge < -0.3 is 19.8 Å². The van der Waals surface area contributed by atoms with Gasteiger partial charge in [0.05, 0.1) is 0 Å². The molecule has 1 saturated carbocycles. The van der Waals surface area contributed by atoms with E-state index >= 15 is 0 Å². The first-order valence-corrected chi connectivity index (χ1v) is 3.55. The van der Waals surface area contributed by atoms with Crippen molar-refractivity contribution in [2.75, 3.05) is 13.6 Å². The molecule has 0 spiro atoms. The fourth-order valence-corrected chi connectivity index (χ4v) is 1.09. The molecule has 0 saturated heterocycles. The molecule has 1 nitrogen and oxygen atoms in total. The van der Waals surface area contributed by atoms with Crippen molar-refractivity contribution in [1.29, 1.82) is 0 Å². The maximum Gasteiger partial charge on any atom is 2.00 e. The smallest absolute Gasteiger partial charge is 0.358 e. The Bertz CT molecular complexity index is 69.2. The first kappa shape index (κ1) is 17.7. The van der Waals surface area contributed by atoms with Crippen LogP contribution in [0.1, 0.15) is 26.2 Å². The second kappa shape index (κ2) is 8.74. The Hall–Kier alpha value is 0.648. The summed E-state index contributed by atoms with van der Waals surface area (Å²) in [5.41, 5.74) is 0. The Balaban J connectivity index is -0.000000213. The molecule has 0 unspecified atom stereocenters. The fourth-order valence-electron chi connectivity index (χ4n) is 1.09. The van der Waals surface area contributed by atoms with Crippen molar-refractivity contribution in [3.05, 3.63) is 14.9 Å². The standard InChI is InChI=1S/C7H15N.2CH3.W/c1-3-8(2)7-5-4-6-7;;;/h7H,3-6H2,1-2H3;2*1H3;/q;2*-1;+2. The van der Waals surface area contributed by atoms with Crippen molar-refractivity contribution >= 4 is 0 Å². The molecule has 0 radical (unpaired) electrons. The first-order chi connectivity index (χ1) is 3.84. The number of hydrogen-bond donors (Lipinski definition) is 0. The van der Waals surface area contributed by atoms with Gasteiger partial charge in [0.2, 0.25) is 0 Å². The Morgan fingerprint density at radius 2 is 1.73 bits per heavy atom. The largest absolute Gasteiger partial charge is 2.00 e. The predicted molar refractivity (Wildman–Crippen MR) is 48.8 cm³/mol. The minimum atomic E-state index is 0. The molecule has 0 aromatic carbocycles. The van der Waals surface area contributed by atoms with Crippen LogP contribution < -0.4 is 0 Å². The van der Waals surface area contributed by atoms with Crippen LogP contribution in [0.25, 0.3) is 0 Å². The van der Waals surface area contributed by atoms with Crippen LogP contribution in [0.3, 0.4) is 0 Å². The summed E-state index contributed by atoms with van der Waals surface area (Å²) >= 11 is 0. The normalized spacial score (nSPS) is 15.5. The van der Waals surface area contributed by atoms with Gasteiger partial charge in [0.15, 0.2) is 0 Å². The van der Waals surface area contributed by atoms with Gasteiger partial charge in [-0.05, 0) is 26.4 Å². The first-order valence-electron chi connectivity index (χ1n) is 3.55. The van der Waals surface area contributed by atoms with Gasteiger partial charge >= 0.3 is 21.1 Å². The van der Waals surface area contributed by atoms with E-state index in [0.717, 1.165) is 6.04 Å². The van der Waals surface area contributed by atoms with Crippen molar-refractivity contribution in [3.8, 4) is 0 Å². The van der Waals surface area contributed by atoms with E-state index in [-0.39, 0.29) is 35.9 Å². The van der Waals surface area contributed by atoms with Crippen molar-refractivity contribution in [1.82, 2.24) is 4.90 Å². The summed E-state index contributed by atoms with van der Waals surface area (Å²) in [4.78, 5) is 2.43. The zero-order valence-corrected chi connectivity index (χ0v) is 11.2. The molecule has 0 bridgehead atoms. The van der Waals surface area contributed by atoms with Gasteiger partial charge in [-0.25, -0.2) is 0 Å². The average Bonchev–Trinajstić information content (AvgIpc) is 1.62. The van der Waals surface area contributed by atoms with E-state index in [2.05, 4.69) is 18.9 Å². The molecule has 2 heteroatoms. The molecule has 1 aliphatic carbocycles. The van der Waals surface area contributed by atoms with Crippen LogP contribution in [0.2, 0.25) is 0 Å². The molecule has 0 amide bonds. The van der Waals surface area contributed by atoms with E-state index in [9.17, 15) is 0 Å². The molecule has 0 aliphatic heterocycles. The fraction of sp³-hybridized carbons (Fsp3) is 0.778. The van der Waals surface area contributed by atoms with E-state index < -0.39 is 0 Å². The van der Waals surface area contributed by atoms with Gasteiger partial charge in [-0.3, -0.25) is 0 Å². The van der Waals surface area contributed by atoms with E-state index in [4.69, 9.17) is 0 Å². The quantitative estimate of drug-likeness (QED) is 0.704. The van der Waals surface area contributed by atoms with Gasteiger partial charge in [-0.15, -0.1) is 0 Å². The molecule has 0 heterocycles. The Kier molecular flexibility index (Phi) is 14.0. The Labute approximate surface area is 86.8 Å². The topological polar surface area (TPSA) is 3.24 Å². The minimum absolute atomic E-state index is 0. The molecule has 0 aromatic heterocycles. The van der Waals surface area contributed by atoms with Crippen LogP contribution in [0.5, 0.6) is 0 Å². The van der Waals surface area contributed by atoms with Crippen LogP contribution >= 0.6 is 0 Å². The van der Waals surface area contributed by atoms with Crippen LogP contribution in [0.4, 0.5) is 0 Å². The maximum absolute atomic E-state index is 2.43. The second-order valence-corrected chi connectivity index (χ2v) is 2.66. The molecule has 1 rings (SSSR count). The summed E-state index contributed by atoms with van der Waals surface area (Å²) in [7, 11) is 2.21. The summed E-state index contributed by atoms with van der Waals surface area (Å²) in [6.45, 7) is 3.43. The van der Waals surface area contributed by atoms with Gasteiger partial charge in [-0.2, -0.15) is 0 Å². The summed E-state index contributed by atoms with van der Waals surface area (Å²) in [6, 6.07) is 0.931. The monoisotopic (exact) mass is 327 g/mol. The zero-order chi connectivity index (χ0) is 5.98. The van der Waals surface area contributed by atoms with Crippen molar-refractivity contribution in [3.63, 3.8) is 0 Å². The third kappa shape index (κ3) is 4.98. The predicted octanol–water partition coefficient (Wildman–Crippen LogP) is 2.39. The molecule has 0 N–H and O–H groups in total. The van der Waals surface area contributed by atoms with Crippen molar-refractivity contribution in [2.24, 2.45) is 0 Å². The molecule has 1 fully saturated rings. The van der Waals surface area contributed by atoms with E-state index in [1.165, 1.54) is 25.8 Å². The van der Waals surface area contributed by atoms with Crippen molar-refractivity contribution in [2.45, 2.75) is 32.2 Å². The maximum atomic E-state index is 2.43. The van der Waals surface area contributed by atoms with E-state index in [0.29, 0.717) is 0 Å². The summed E-state index contributed by atoms with van der Waals surface area (Å²) in [5.74, 6) is 0. The summed E-state index contributed by atoms with van der Waals surface area (Å²) < 4.78 is 0. The van der Waals surface area contributed by atoms with E-state index in [1.807, 2.05) is 0 Å². The van der Waals surface area contributed by atoms with Crippen LogP contribution in [0, 0.1) is 14.9 Å². The van der Waals surface area contributed by atoms with Gasteiger partial charge in [0.25, 0.3) is 0 Å². The van der Waals surface area contributed by atoms with Gasteiger partial charge in [0, 0.05) is 6.04 Å². The third-order valence-corrected chi connectivity index (χ3v) is 2.20. The zero-order valence-electron chi connectivity index (χ0n) is 8.26. The molecular weight excluding hydrogens is 306 g/mol. The molecule has 68 valence electrons. The van der Waals surface area contributed by atoms with Crippen LogP contribution in [-0.4, -0.2) is 24.5 Å². The Morgan fingerprint density at radius 3 is 1.82 bits per heavy atom. The van der Waals surface area contributed by atoms with Crippen LogP contribution in [-0.2, 0) is 21.1 Å². The van der Waals surface area contributed by atoms with Gasteiger partial charge in [-0.1, -0.05) is 13.3 Å². The molecule has 11 heavy (non-hydrogen) atoms. The minimum Gasteiger partial charge on any atom is -0.358 e. The summed E-state index contributed by atoms with van der Waals surface area (Å²) in [5, 5.41) is 0. The van der Waals surface area contributed by atoms with Crippen molar-refractivity contribution < 1.29 is 21.1 Å². The van der Waals surface area contributed by atoms with Gasteiger partial charge in [0.1, 0.15) is 0 Å². The van der Waals surface area contributed by atoms with E-state index in [1.54, 1.807) is 0 Å². The summed E-state index contributed by atoms with van der Waals surface area (Å²) in [6.07, 6.45) is 4.32. The Morgan fingerprint density at radius 1 is 1.27 bits per heavy atom. The molecule has 1 aliphatic rings. The average molecular weight is 327 g/mol. The van der Waals surface area contributed by atoms with Crippen LogP contribution in [0.15, 0.2) is 0 Å². The molecule has 0 atom stereocenters. The SMILES string of the molecule is CCN(C)C1CCC1.[CH3-].[CH3-].[W+2]. The molecular formula is C9H21NW. The second-order valence-electron chi connectivity index (χ2n) is 2.66.